The number of nitrogens with zero attached hydrogens (tertiary/aromatic N) is 6. The molecule has 2 aliphatic rings. The van der Waals surface area contributed by atoms with Crippen LogP contribution in [0, 0.1) is 0 Å². The molecular formula is C30H39N7O6. The van der Waals surface area contributed by atoms with Crippen LogP contribution in [0.4, 0.5) is 0 Å². The van der Waals surface area contributed by atoms with E-state index in [1.54, 1.807) is 19.1 Å². The van der Waals surface area contributed by atoms with E-state index < -0.39 is 0 Å². The van der Waals surface area contributed by atoms with Crippen LogP contribution in [-0.2, 0) is 38.8 Å². The standard InChI is InChI=1S/C30H39N7O6/c1-40-14-4-11-35-17-22-7-8-27(41-2)28(16-22)43-24-6-3-5-23(15-24)20-42-26-9-12-36(18-25(26)32-29(38)19-35)30(39)10-13-37-21-31-33-34-37/h3,5-8,15-16,21,25-26H,4,9-14,17-20H2,1-2H3,(H,32,38)/t25-,26+/m0/s1. The minimum atomic E-state index is -0.362. The number of aromatic nitrogens is 4. The summed E-state index contributed by atoms with van der Waals surface area (Å²) in [5.41, 5.74) is 1.93. The lowest BCUT2D eigenvalue weighted by Gasteiger charge is -2.39. The minimum absolute atomic E-state index is 0.0170. The predicted octanol–water partition coefficient (Wildman–Crippen LogP) is 2.02. The molecule has 1 aromatic heterocycles. The van der Waals surface area contributed by atoms with Gasteiger partial charge >= 0.3 is 0 Å². The van der Waals surface area contributed by atoms with Crippen molar-refractivity contribution in [2.24, 2.45) is 0 Å². The number of aryl methyl sites for hydroxylation is 1. The molecule has 0 aliphatic carbocycles. The van der Waals surface area contributed by atoms with Gasteiger partial charge in [0, 0.05) is 46.3 Å². The SMILES string of the molecule is COCCCN1CC(=O)N[C@H]2CN(C(=O)CCn3cnnn3)CC[C@H]2OCc2cccc(c2)Oc2cc(ccc2OC)C1. The van der Waals surface area contributed by atoms with Crippen LogP contribution in [-0.4, -0.2) is 101 Å². The topological polar surface area (TPSA) is 133 Å². The molecule has 2 aliphatic heterocycles. The second-order valence-electron chi connectivity index (χ2n) is 10.8. The van der Waals surface area contributed by atoms with E-state index in [0.29, 0.717) is 69.6 Å². The zero-order valence-corrected chi connectivity index (χ0v) is 24.7. The Hall–Kier alpha value is -4.07. The molecule has 0 unspecified atom stereocenters. The van der Waals surface area contributed by atoms with E-state index in [1.165, 1.54) is 11.0 Å². The van der Waals surface area contributed by atoms with Crippen LogP contribution >= 0.6 is 0 Å². The molecule has 3 aromatic rings. The summed E-state index contributed by atoms with van der Waals surface area (Å²) in [6.45, 7) is 3.59. The number of hydrogen-bond acceptors (Lipinski definition) is 10. The fourth-order valence-corrected chi connectivity index (χ4v) is 5.43. The summed E-state index contributed by atoms with van der Waals surface area (Å²) in [6, 6.07) is 13.2. The van der Waals surface area contributed by atoms with Crippen molar-refractivity contribution in [3.63, 3.8) is 0 Å². The quantitative estimate of drug-likeness (QED) is 0.387. The highest BCUT2D eigenvalue weighted by Crippen LogP contribution is 2.33. The van der Waals surface area contributed by atoms with E-state index in [9.17, 15) is 9.59 Å². The van der Waals surface area contributed by atoms with Crippen molar-refractivity contribution < 1.29 is 28.5 Å². The number of amides is 2. The molecule has 13 heteroatoms. The van der Waals surface area contributed by atoms with Crippen molar-refractivity contribution in [2.75, 3.05) is 47.0 Å². The molecule has 230 valence electrons. The Morgan fingerprint density at radius 3 is 2.84 bits per heavy atom. The Labute approximate surface area is 251 Å². The van der Waals surface area contributed by atoms with Gasteiger partial charge in [0.25, 0.3) is 0 Å². The third-order valence-electron chi connectivity index (χ3n) is 7.61. The third kappa shape index (κ3) is 8.49. The van der Waals surface area contributed by atoms with Crippen LogP contribution in [0.25, 0.3) is 0 Å². The second kappa shape index (κ2) is 14.9. The van der Waals surface area contributed by atoms with Crippen LogP contribution < -0.4 is 14.8 Å². The van der Waals surface area contributed by atoms with E-state index in [0.717, 1.165) is 17.5 Å². The Morgan fingerprint density at radius 1 is 1.12 bits per heavy atom. The third-order valence-corrected chi connectivity index (χ3v) is 7.61. The number of benzene rings is 2. The number of hydrogen-bond donors (Lipinski definition) is 1. The maximum atomic E-state index is 13.5. The van der Waals surface area contributed by atoms with Gasteiger partial charge in [0.05, 0.1) is 39.0 Å². The van der Waals surface area contributed by atoms with Gasteiger partial charge in [-0.25, -0.2) is 4.68 Å². The number of carbonyl (C=O) groups excluding carboxylic acids is 2. The van der Waals surface area contributed by atoms with Crippen LogP contribution in [0.5, 0.6) is 17.2 Å². The predicted molar refractivity (Wildman–Crippen MR) is 155 cm³/mol. The molecule has 1 saturated heterocycles. The highest BCUT2D eigenvalue weighted by atomic mass is 16.5. The molecule has 0 radical (unpaired) electrons. The van der Waals surface area contributed by atoms with Crippen LogP contribution in [0.3, 0.4) is 0 Å². The fourth-order valence-electron chi connectivity index (χ4n) is 5.43. The summed E-state index contributed by atoms with van der Waals surface area (Å²) in [7, 11) is 3.28. The van der Waals surface area contributed by atoms with Gasteiger partial charge in [0.1, 0.15) is 12.1 Å². The number of likely N-dealkylation sites (tertiary alicyclic amines) is 1. The minimum Gasteiger partial charge on any atom is -0.493 e. The van der Waals surface area contributed by atoms with E-state index in [-0.39, 0.29) is 36.9 Å². The van der Waals surface area contributed by atoms with Gasteiger partial charge < -0.3 is 29.2 Å². The second-order valence-corrected chi connectivity index (χ2v) is 10.8. The van der Waals surface area contributed by atoms with Gasteiger partial charge in [0.15, 0.2) is 11.5 Å². The number of fused-ring (bicyclic) bond motifs is 5. The summed E-state index contributed by atoms with van der Waals surface area (Å²) in [6.07, 6.45) is 2.85. The van der Waals surface area contributed by atoms with Crippen molar-refractivity contribution in [3.05, 3.63) is 59.9 Å². The van der Waals surface area contributed by atoms with E-state index >= 15 is 0 Å². The maximum Gasteiger partial charge on any atom is 0.234 e. The summed E-state index contributed by atoms with van der Waals surface area (Å²) >= 11 is 0. The lowest BCUT2D eigenvalue weighted by Crippen LogP contribution is -2.58. The van der Waals surface area contributed by atoms with Crippen LogP contribution in [0.15, 0.2) is 48.8 Å². The first-order valence-electron chi connectivity index (χ1n) is 14.5. The average molecular weight is 594 g/mol. The van der Waals surface area contributed by atoms with E-state index in [4.69, 9.17) is 18.9 Å². The number of carbonyl (C=O) groups is 2. The number of nitrogens with one attached hydrogen (secondary N) is 1. The lowest BCUT2D eigenvalue weighted by molar-refractivity contribution is -0.137. The van der Waals surface area contributed by atoms with Gasteiger partial charge in [-0.05, 0) is 58.7 Å². The zero-order valence-electron chi connectivity index (χ0n) is 24.7. The molecule has 3 heterocycles. The number of methoxy groups -OCH3 is 2. The van der Waals surface area contributed by atoms with E-state index in [1.807, 2.05) is 42.5 Å². The molecular weight excluding hydrogens is 554 g/mol. The molecule has 2 atom stereocenters. The summed E-state index contributed by atoms with van der Waals surface area (Å²) in [5, 5.41) is 14.3. The molecule has 2 aromatic carbocycles. The first-order chi connectivity index (χ1) is 21.0. The maximum absolute atomic E-state index is 13.5. The van der Waals surface area contributed by atoms with Crippen LogP contribution in [0.1, 0.15) is 30.4 Å². The molecule has 2 amide bonds. The molecule has 4 bridgehead atoms. The van der Waals surface area contributed by atoms with Gasteiger partial charge in [-0.3, -0.25) is 14.5 Å². The van der Waals surface area contributed by atoms with E-state index in [2.05, 4.69) is 25.7 Å². The normalized spacial score (nSPS) is 19.7. The average Bonchev–Trinajstić information content (AvgIpc) is 3.53. The molecule has 0 spiro atoms. The largest absolute Gasteiger partial charge is 0.493 e. The van der Waals surface area contributed by atoms with Crippen molar-refractivity contribution in [1.82, 2.24) is 35.3 Å². The van der Waals surface area contributed by atoms with Crippen molar-refractivity contribution in [2.45, 2.75) is 51.1 Å². The highest BCUT2D eigenvalue weighted by molar-refractivity contribution is 5.79. The molecule has 13 nitrogen and oxygen atoms in total. The number of piperidine rings is 1. The first kappa shape index (κ1) is 30.4. The highest BCUT2D eigenvalue weighted by Gasteiger charge is 2.33. The Balaban J connectivity index is 1.36. The van der Waals surface area contributed by atoms with Crippen LogP contribution in [0.2, 0.25) is 0 Å². The van der Waals surface area contributed by atoms with Crippen molar-refractivity contribution >= 4 is 11.8 Å². The molecule has 1 fully saturated rings. The molecule has 43 heavy (non-hydrogen) atoms. The van der Waals surface area contributed by atoms with Gasteiger partial charge in [0.2, 0.25) is 11.8 Å². The monoisotopic (exact) mass is 593 g/mol. The Kier molecular flexibility index (Phi) is 10.5. The van der Waals surface area contributed by atoms with Gasteiger partial charge in [-0.1, -0.05) is 18.2 Å². The fraction of sp³-hybridized carbons (Fsp3) is 0.500. The smallest absolute Gasteiger partial charge is 0.234 e. The van der Waals surface area contributed by atoms with Crippen molar-refractivity contribution in [1.29, 1.82) is 0 Å². The van der Waals surface area contributed by atoms with Gasteiger partial charge in [-0.2, -0.15) is 0 Å². The Morgan fingerprint density at radius 2 is 2.02 bits per heavy atom. The Bertz CT molecular complexity index is 1350. The first-order valence-corrected chi connectivity index (χ1v) is 14.5. The number of ether oxygens (including phenoxy) is 4. The number of rotatable bonds is 8. The number of tetrazole rings is 1. The molecule has 1 N–H and O–H groups in total. The van der Waals surface area contributed by atoms with Crippen molar-refractivity contribution in [3.8, 4) is 17.2 Å². The summed E-state index contributed by atoms with van der Waals surface area (Å²) in [4.78, 5) is 30.4. The van der Waals surface area contributed by atoms with Gasteiger partial charge in [-0.15, -0.1) is 5.10 Å². The molecule has 0 saturated carbocycles. The summed E-state index contributed by atoms with van der Waals surface area (Å²) < 4.78 is 25.0. The lowest BCUT2D eigenvalue weighted by atomic mass is 10.0. The summed E-state index contributed by atoms with van der Waals surface area (Å²) in [5.74, 6) is 1.75. The zero-order chi connectivity index (χ0) is 30.0. The molecule has 5 rings (SSSR count).